The van der Waals surface area contributed by atoms with Gasteiger partial charge in [0.2, 0.25) is 5.72 Å². The molecule has 1 atom stereocenters. The molecule has 2 aliphatic heterocycles. The van der Waals surface area contributed by atoms with E-state index < -0.39 is 11.1 Å². The second-order valence-electron chi connectivity index (χ2n) is 7.62. The Morgan fingerprint density at radius 2 is 1.71 bits per heavy atom. The summed E-state index contributed by atoms with van der Waals surface area (Å²) in [5.74, 6) is 3.13. The van der Waals surface area contributed by atoms with Gasteiger partial charge in [0.1, 0.15) is 11.5 Å². The summed E-state index contributed by atoms with van der Waals surface area (Å²) in [5, 5.41) is 0. The zero-order valence-corrected chi connectivity index (χ0v) is 17.3. The zero-order valence-electron chi connectivity index (χ0n) is 17.3. The van der Waals surface area contributed by atoms with Gasteiger partial charge < -0.3 is 23.8 Å². The Balaban J connectivity index is 1.93. The van der Waals surface area contributed by atoms with E-state index in [4.69, 9.17) is 18.9 Å². The third kappa shape index (κ3) is 2.25. The van der Waals surface area contributed by atoms with Crippen molar-refractivity contribution in [2.24, 2.45) is 0 Å². The Morgan fingerprint density at radius 3 is 2.39 bits per heavy atom. The zero-order chi connectivity index (χ0) is 20.1. The van der Waals surface area contributed by atoms with Crippen LogP contribution >= 0.6 is 0 Å². The number of para-hydroxylation sites is 1. The van der Waals surface area contributed by atoms with Gasteiger partial charge in [-0.15, -0.1) is 0 Å². The van der Waals surface area contributed by atoms with Crippen molar-refractivity contribution in [3.63, 3.8) is 0 Å². The molecule has 2 aliphatic rings. The number of benzene rings is 2. The number of likely N-dealkylation sites (N-methyl/N-ethyl adjacent to an activating group) is 1. The molecule has 0 saturated heterocycles. The van der Waals surface area contributed by atoms with E-state index in [9.17, 15) is 0 Å². The van der Waals surface area contributed by atoms with Crippen molar-refractivity contribution in [1.82, 2.24) is 0 Å². The minimum Gasteiger partial charge on any atom is -0.496 e. The van der Waals surface area contributed by atoms with Gasteiger partial charge in [-0.3, -0.25) is 0 Å². The largest absolute Gasteiger partial charge is 0.496 e. The molecule has 1 unspecified atom stereocenters. The summed E-state index contributed by atoms with van der Waals surface area (Å²) in [6, 6.07) is 9.87. The fraction of sp³-hybridized carbons (Fsp3) is 0.391. The summed E-state index contributed by atoms with van der Waals surface area (Å²) in [6.07, 6.45) is 4.24. The van der Waals surface area contributed by atoms with Gasteiger partial charge in [-0.1, -0.05) is 12.1 Å². The topological polar surface area (TPSA) is 40.2 Å². The lowest BCUT2D eigenvalue weighted by Gasteiger charge is -2.46. The third-order valence-electron chi connectivity index (χ3n) is 5.95. The fourth-order valence-corrected chi connectivity index (χ4v) is 4.54. The van der Waals surface area contributed by atoms with Crippen molar-refractivity contribution in [3.8, 4) is 23.0 Å². The van der Waals surface area contributed by atoms with Gasteiger partial charge in [0.15, 0.2) is 11.5 Å². The van der Waals surface area contributed by atoms with Crippen LogP contribution in [0, 0.1) is 0 Å². The lowest BCUT2D eigenvalue weighted by atomic mass is 9.76. The molecule has 2 heterocycles. The Kier molecular flexibility index (Phi) is 4.21. The number of hydrogen-bond acceptors (Lipinski definition) is 5. The Morgan fingerprint density at radius 1 is 1.00 bits per heavy atom. The highest BCUT2D eigenvalue weighted by Gasteiger charge is 2.60. The van der Waals surface area contributed by atoms with Crippen molar-refractivity contribution in [3.05, 3.63) is 47.5 Å². The lowest BCUT2D eigenvalue weighted by Crippen LogP contribution is -2.58. The minimum absolute atomic E-state index is 0.412. The van der Waals surface area contributed by atoms with Gasteiger partial charge in [0, 0.05) is 18.2 Å². The summed E-state index contributed by atoms with van der Waals surface area (Å²) >= 11 is 0. The number of nitrogens with zero attached hydrogens (tertiary/aromatic N) is 1. The van der Waals surface area contributed by atoms with Crippen molar-refractivity contribution in [2.45, 2.75) is 31.9 Å². The summed E-state index contributed by atoms with van der Waals surface area (Å²) < 4.78 is 24.0. The van der Waals surface area contributed by atoms with Gasteiger partial charge in [-0.05, 0) is 51.1 Å². The van der Waals surface area contributed by atoms with E-state index in [2.05, 4.69) is 30.9 Å². The van der Waals surface area contributed by atoms with E-state index in [1.54, 1.807) is 14.2 Å². The maximum atomic E-state index is 6.78. The molecule has 148 valence electrons. The highest BCUT2D eigenvalue weighted by molar-refractivity contribution is 5.79. The summed E-state index contributed by atoms with van der Waals surface area (Å²) in [5.41, 5.74) is 1.91. The number of methoxy groups -OCH3 is 2. The Bertz CT molecular complexity index is 950. The standard InChI is InChI=1S/C23H27NO4/c1-7-27-18-10-8-9-15-13-14-23(28-21(15)18)22(2,3)19-16(25-5)11-12-17(26-6)20(19)24(23)4/h8-14H,7H2,1-6H3. The van der Waals surface area contributed by atoms with E-state index in [0.717, 1.165) is 39.8 Å². The molecule has 0 aromatic heterocycles. The summed E-state index contributed by atoms with van der Waals surface area (Å²) in [6.45, 7) is 6.91. The van der Waals surface area contributed by atoms with Crippen LogP contribution in [-0.4, -0.2) is 33.6 Å². The molecule has 0 saturated carbocycles. The third-order valence-corrected chi connectivity index (χ3v) is 5.95. The highest BCUT2D eigenvalue weighted by atomic mass is 16.5. The van der Waals surface area contributed by atoms with Crippen molar-refractivity contribution >= 4 is 11.8 Å². The maximum Gasteiger partial charge on any atom is 0.212 e. The van der Waals surface area contributed by atoms with E-state index >= 15 is 0 Å². The van der Waals surface area contributed by atoms with Crippen LogP contribution in [0.5, 0.6) is 23.0 Å². The predicted molar refractivity (Wildman–Crippen MR) is 111 cm³/mol. The predicted octanol–water partition coefficient (Wildman–Crippen LogP) is 4.63. The molecule has 2 aromatic carbocycles. The summed E-state index contributed by atoms with van der Waals surface area (Å²) in [4.78, 5) is 2.14. The summed E-state index contributed by atoms with van der Waals surface area (Å²) in [7, 11) is 5.42. The second kappa shape index (κ2) is 6.36. The molecule has 4 rings (SSSR count). The second-order valence-corrected chi connectivity index (χ2v) is 7.62. The SMILES string of the molecule is CCOc1cccc2c1OC1(C=C2)N(C)c2c(OC)ccc(OC)c2C1(C)C. The maximum absolute atomic E-state index is 6.78. The molecule has 28 heavy (non-hydrogen) atoms. The van der Waals surface area contributed by atoms with Crippen LogP contribution in [0.3, 0.4) is 0 Å². The van der Waals surface area contributed by atoms with Gasteiger partial charge in [-0.25, -0.2) is 0 Å². The normalized spacial score (nSPS) is 21.1. The fourth-order valence-electron chi connectivity index (χ4n) is 4.54. The van der Waals surface area contributed by atoms with Crippen LogP contribution in [0.2, 0.25) is 0 Å². The number of fused-ring (bicyclic) bond motifs is 2. The van der Waals surface area contributed by atoms with Crippen LogP contribution in [0.25, 0.3) is 6.08 Å². The van der Waals surface area contributed by atoms with Crippen LogP contribution in [-0.2, 0) is 5.41 Å². The molecule has 0 N–H and O–H groups in total. The first-order valence-corrected chi connectivity index (χ1v) is 9.54. The van der Waals surface area contributed by atoms with Crippen LogP contribution in [0.15, 0.2) is 36.4 Å². The number of rotatable bonds is 4. The number of ether oxygens (including phenoxy) is 4. The van der Waals surface area contributed by atoms with Gasteiger partial charge >= 0.3 is 0 Å². The van der Waals surface area contributed by atoms with Crippen molar-refractivity contribution in [1.29, 1.82) is 0 Å². The quantitative estimate of drug-likeness (QED) is 0.772. The number of anilines is 1. The lowest BCUT2D eigenvalue weighted by molar-refractivity contribution is 0.0536. The smallest absolute Gasteiger partial charge is 0.212 e. The Hall–Kier alpha value is -2.82. The average molecular weight is 381 g/mol. The molecule has 0 fully saturated rings. The van der Waals surface area contributed by atoms with E-state index in [0.29, 0.717) is 6.61 Å². The molecule has 0 amide bonds. The van der Waals surface area contributed by atoms with Crippen molar-refractivity contribution < 1.29 is 18.9 Å². The van der Waals surface area contributed by atoms with Crippen molar-refractivity contribution in [2.75, 3.05) is 32.8 Å². The number of hydrogen-bond donors (Lipinski definition) is 0. The van der Waals surface area contributed by atoms with Gasteiger partial charge in [0.25, 0.3) is 0 Å². The first-order valence-electron chi connectivity index (χ1n) is 9.54. The first-order chi connectivity index (χ1) is 13.4. The van der Waals surface area contributed by atoms with Gasteiger partial charge in [0.05, 0.1) is 31.9 Å². The first kappa shape index (κ1) is 18.5. The van der Waals surface area contributed by atoms with E-state index in [-0.39, 0.29) is 0 Å². The minimum atomic E-state index is -0.739. The molecule has 5 nitrogen and oxygen atoms in total. The molecular weight excluding hydrogens is 354 g/mol. The molecular formula is C23H27NO4. The molecule has 2 aromatic rings. The van der Waals surface area contributed by atoms with Crippen LogP contribution < -0.4 is 23.8 Å². The Labute approximate surface area is 166 Å². The average Bonchev–Trinajstić information content (AvgIpc) is 2.87. The molecule has 0 radical (unpaired) electrons. The molecule has 0 bridgehead atoms. The monoisotopic (exact) mass is 381 g/mol. The molecule has 0 aliphatic carbocycles. The van der Waals surface area contributed by atoms with Gasteiger partial charge in [-0.2, -0.15) is 0 Å². The van der Waals surface area contributed by atoms with E-state index in [1.165, 1.54) is 0 Å². The molecule has 5 heteroatoms. The van der Waals surface area contributed by atoms with Crippen LogP contribution in [0.1, 0.15) is 31.9 Å². The highest BCUT2D eigenvalue weighted by Crippen LogP contribution is 2.60. The molecule has 1 spiro atoms. The van der Waals surface area contributed by atoms with E-state index in [1.807, 2.05) is 44.3 Å². The van der Waals surface area contributed by atoms with Crippen LogP contribution in [0.4, 0.5) is 5.69 Å².